The first kappa shape index (κ1) is 21.3. The molecule has 5 rings (SSSR count). The number of hydrogen-bond acceptors (Lipinski definition) is 4. The lowest BCUT2D eigenvalue weighted by atomic mass is 10.1. The van der Waals surface area contributed by atoms with Crippen LogP contribution in [0.25, 0.3) is 33.9 Å². The summed E-state index contributed by atoms with van der Waals surface area (Å²) in [6, 6.07) is 19.8. The number of amides is 1. The van der Waals surface area contributed by atoms with Crippen LogP contribution in [0, 0.1) is 13.8 Å². The molecule has 0 fully saturated rings. The number of oxazole rings is 1. The summed E-state index contributed by atoms with van der Waals surface area (Å²) in [4.78, 5) is 17.3. The lowest BCUT2D eigenvalue weighted by Gasteiger charge is -2.03. The smallest absolute Gasteiger partial charge is 0.291 e. The van der Waals surface area contributed by atoms with Crippen molar-refractivity contribution in [2.45, 2.75) is 13.8 Å². The average molecular weight is 477 g/mol. The fraction of sp³-hybridized carbons (Fsp3) is 0.0769. The van der Waals surface area contributed by atoms with E-state index in [1.165, 1.54) is 0 Å². The van der Waals surface area contributed by atoms with Crippen LogP contribution in [0.5, 0.6) is 0 Å². The maximum absolute atomic E-state index is 12.7. The first-order valence-electron chi connectivity index (χ1n) is 10.2. The predicted molar refractivity (Wildman–Crippen MR) is 131 cm³/mol. The first-order valence-corrected chi connectivity index (χ1v) is 11.0. The molecule has 5 nitrogen and oxygen atoms in total. The normalized spacial score (nSPS) is 11.2. The fourth-order valence-corrected chi connectivity index (χ4v) is 4.22. The number of carbonyl (C=O) groups excluding carboxylic acids is 1. The van der Waals surface area contributed by atoms with Crippen LogP contribution in [0.4, 0.5) is 5.69 Å². The zero-order chi connectivity index (χ0) is 23.1. The predicted octanol–water partition coefficient (Wildman–Crippen LogP) is 7.93. The second-order valence-electron chi connectivity index (χ2n) is 7.82. The van der Waals surface area contributed by atoms with Crippen molar-refractivity contribution in [1.82, 2.24) is 4.98 Å². The first-order chi connectivity index (χ1) is 15.9. The molecule has 0 spiro atoms. The van der Waals surface area contributed by atoms with Gasteiger partial charge in [0.05, 0.1) is 5.02 Å². The van der Waals surface area contributed by atoms with Gasteiger partial charge in [0.2, 0.25) is 5.89 Å². The molecule has 0 saturated carbocycles. The number of nitrogens with zero attached hydrogens (tertiary/aromatic N) is 1. The second-order valence-corrected chi connectivity index (χ2v) is 8.66. The van der Waals surface area contributed by atoms with Crippen molar-refractivity contribution in [2.24, 2.45) is 0 Å². The summed E-state index contributed by atoms with van der Waals surface area (Å²) in [6.07, 6.45) is 0. The highest BCUT2D eigenvalue weighted by Crippen LogP contribution is 2.32. The van der Waals surface area contributed by atoms with Gasteiger partial charge in [-0.25, -0.2) is 4.98 Å². The Labute approximate surface area is 200 Å². The molecule has 1 N–H and O–H groups in total. The molecule has 0 saturated heterocycles. The molecule has 7 heteroatoms. The number of aromatic nitrogens is 1. The van der Waals surface area contributed by atoms with E-state index in [0.717, 1.165) is 16.7 Å². The van der Waals surface area contributed by atoms with Gasteiger partial charge in [-0.1, -0.05) is 40.4 Å². The summed E-state index contributed by atoms with van der Waals surface area (Å²) >= 11 is 12.2. The molecule has 0 aliphatic rings. The molecule has 0 radical (unpaired) electrons. The highest BCUT2D eigenvalue weighted by molar-refractivity contribution is 6.36. The number of benzene rings is 3. The van der Waals surface area contributed by atoms with Gasteiger partial charge in [-0.05, 0) is 74.5 Å². The van der Waals surface area contributed by atoms with Gasteiger partial charge in [0.1, 0.15) is 11.3 Å². The highest BCUT2D eigenvalue weighted by atomic mass is 35.5. The number of halogens is 2. The Hall–Kier alpha value is -3.54. The van der Waals surface area contributed by atoms with E-state index in [9.17, 15) is 4.79 Å². The minimum atomic E-state index is -0.385. The molecule has 164 valence electrons. The molecule has 3 aromatic carbocycles. The van der Waals surface area contributed by atoms with Crippen molar-refractivity contribution < 1.29 is 13.6 Å². The van der Waals surface area contributed by atoms with E-state index >= 15 is 0 Å². The Morgan fingerprint density at radius 3 is 2.42 bits per heavy atom. The van der Waals surface area contributed by atoms with Gasteiger partial charge in [-0.3, -0.25) is 4.79 Å². The van der Waals surface area contributed by atoms with Crippen molar-refractivity contribution in [3.63, 3.8) is 0 Å². The van der Waals surface area contributed by atoms with E-state index in [1.807, 2.05) is 26.0 Å². The van der Waals surface area contributed by atoms with Crippen molar-refractivity contribution in [1.29, 1.82) is 0 Å². The Morgan fingerprint density at radius 2 is 1.67 bits per heavy atom. The van der Waals surface area contributed by atoms with Crippen molar-refractivity contribution >= 4 is 45.9 Å². The standard InChI is InChI=1S/C26H18Cl2N2O3/c1-14-9-15(2)11-16(10-14)26-30-21-13-18(4-6-23(21)33-26)29-25(31)24-8-7-22(32-24)19-5-3-17(27)12-20(19)28/h3-13H,1-2H3,(H,29,31). The third-order valence-corrected chi connectivity index (χ3v) is 5.69. The van der Waals surface area contributed by atoms with Crippen LogP contribution in [0.15, 0.2) is 75.6 Å². The van der Waals surface area contributed by atoms with Gasteiger partial charge in [-0.15, -0.1) is 0 Å². The van der Waals surface area contributed by atoms with Gasteiger partial charge in [0.15, 0.2) is 11.3 Å². The van der Waals surface area contributed by atoms with Crippen LogP contribution in [-0.2, 0) is 0 Å². The van der Waals surface area contributed by atoms with E-state index in [1.54, 1.807) is 48.5 Å². The number of furan rings is 1. The van der Waals surface area contributed by atoms with E-state index < -0.39 is 0 Å². The number of fused-ring (bicyclic) bond motifs is 1. The van der Waals surface area contributed by atoms with Crippen LogP contribution in [0.2, 0.25) is 10.0 Å². The van der Waals surface area contributed by atoms with Crippen LogP contribution in [0.1, 0.15) is 21.7 Å². The Bertz CT molecular complexity index is 1500. The Balaban J connectivity index is 1.38. The zero-order valence-electron chi connectivity index (χ0n) is 17.8. The number of rotatable bonds is 4. The Kier molecular flexibility index (Phi) is 5.44. The minimum Gasteiger partial charge on any atom is -0.451 e. The molecule has 0 atom stereocenters. The molecular formula is C26H18Cl2N2O3. The zero-order valence-corrected chi connectivity index (χ0v) is 19.3. The topological polar surface area (TPSA) is 68.3 Å². The van der Waals surface area contributed by atoms with Crippen molar-refractivity contribution in [2.75, 3.05) is 5.32 Å². The summed E-state index contributed by atoms with van der Waals surface area (Å²) in [5.41, 5.74) is 5.71. The number of nitrogens with one attached hydrogen (secondary N) is 1. The largest absolute Gasteiger partial charge is 0.451 e. The van der Waals surface area contributed by atoms with Crippen LogP contribution < -0.4 is 5.32 Å². The molecule has 1 amide bonds. The van der Waals surface area contributed by atoms with Gasteiger partial charge < -0.3 is 14.2 Å². The lowest BCUT2D eigenvalue weighted by Crippen LogP contribution is -2.10. The van der Waals surface area contributed by atoms with Crippen LogP contribution >= 0.6 is 23.2 Å². The molecule has 33 heavy (non-hydrogen) atoms. The van der Waals surface area contributed by atoms with Gasteiger partial charge in [0.25, 0.3) is 5.91 Å². The molecule has 5 aromatic rings. The minimum absolute atomic E-state index is 0.159. The molecule has 0 aliphatic heterocycles. The molecule has 0 aliphatic carbocycles. The van der Waals surface area contributed by atoms with E-state index in [2.05, 4.69) is 16.4 Å². The van der Waals surface area contributed by atoms with E-state index in [0.29, 0.717) is 44.0 Å². The number of aryl methyl sites for hydroxylation is 2. The summed E-state index contributed by atoms with van der Waals surface area (Å²) in [7, 11) is 0. The van der Waals surface area contributed by atoms with Gasteiger partial charge >= 0.3 is 0 Å². The summed E-state index contributed by atoms with van der Waals surface area (Å²) in [5, 5.41) is 3.81. The van der Waals surface area contributed by atoms with E-state index in [4.69, 9.17) is 32.0 Å². The Morgan fingerprint density at radius 1 is 0.879 bits per heavy atom. The molecule has 2 heterocycles. The lowest BCUT2D eigenvalue weighted by molar-refractivity contribution is 0.0997. The molecule has 2 aromatic heterocycles. The molecule has 0 bridgehead atoms. The van der Waals surface area contributed by atoms with Crippen LogP contribution in [-0.4, -0.2) is 10.9 Å². The highest BCUT2D eigenvalue weighted by Gasteiger charge is 2.16. The van der Waals surface area contributed by atoms with Crippen LogP contribution in [0.3, 0.4) is 0 Å². The third kappa shape index (κ3) is 4.38. The third-order valence-electron chi connectivity index (χ3n) is 5.14. The van der Waals surface area contributed by atoms with Crippen molar-refractivity contribution in [3.8, 4) is 22.8 Å². The monoisotopic (exact) mass is 476 g/mol. The molecule has 0 unspecified atom stereocenters. The number of carbonyl (C=O) groups is 1. The molecular weight excluding hydrogens is 459 g/mol. The maximum atomic E-state index is 12.7. The average Bonchev–Trinajstić information content (AvgIpc) is 3.40. The quantitative estimate of drug-likeness (QED) is 0.285. The maximum Gasteiger partial charge on any atom is 0.291 e. The summed E-state index contributed by atoms with van der Waals surface area (Å²) < 4.78 is 11.6. The fourth-order valence-electron chi connectivity index (χ4n) is 3.71. The van der Waals surface area contributed by atoms with Gasteiger partial charge in [0, 0.05) is 21.8 Å². The SMILES string of the molecule is Cc1cc(C)cc(-c2nc3cc(NC(=O)c4ccc(-c5ccc(Cl)cc5Cl)o4)ccc3o2)c1. The van der Waals surface area contributed by atoms with Crippen molar-refractivity contribution in [3.05, 3.63) is 93.7 Å². The van der Waals surface area contributed by atoms with Gasteiger partial charge in [-0.2, -0.15) is 0 Å². The second kappa shape index (κ2) is 8.43. The number of anilines is 1. The number of hydrogen-bond donors (Lipinski definition) is 1. The summed E-state index contributed by atoms with van der Waals surface area (Å²) in [5.74, 6) is 0.790. The van der Waals surface area contributed by atoms with E-state index in [-0.39, 0.29) is 11.7 Å². The summed E-state index contributed by atoms with van der Waals surface area (Å²) in [6.45, 7) is 4.07.